The van der Waals surface area contributed by atoms with Gasteiger partial charge in [0.05, 0.1) is 13.7 Å². The van der Waals surface area contributed by atoms with Crippen LogP contribution < -0.4 is 10.1 Å². The minimum Gasteiger partial charge on any atom is -0.497 e. The molecule has 0 spiro atoms. The summed E-state index contributed by atoms with van der Waals surface area (Å²) in [5.74, 6) is 0.707. The summed E-state index contributed by atoms with van der Waals surface area (Å²) in [6, 6.07) is 13.1. The standard InChI is InChI=1S/C20H18N4O3/c1-13-16-9-15(26-2)7-8-18(16)27-19(13)20(25)23-17-6-4-3-5-14(17)10-24-12-21-11-22-24/h3-9,11-12H,10H2,1-2H3,(H,23,25). The van der Waals surface area contributed by atoms with Gasteiger partial charge in [-0.2, -0.15) is 5.10 Å². The van der Waals surface area contributed by atoms with Gasteiger partial charge in [0.1, 0.15) is 24.0 Å². The van der Waals surface area contributed by atoms with Crippen molar-refractivity contribution in [1.29, 1.82) is 0 Å². The molecule has 1 N–H and O–H groups in total. The Morgan fingerprint density at radius 2 is 2.11 bits per heavy atom. The number of carbonyl (C=O) groups excluding carboxylic acids is 1. The molecule has 0 fully saturated rings. The predicted octanol–water partition coefficient (Wildman–Crippen LogP) is 3.64. The Labute approximate surface area is 155 Å². The third kappa shape index (κ3) is 3.27. The lowest BCUT2D eigenvalue weighted by atomic mass is 10.1. The van der Waals surface area contributed by atoms with Crippen LogP contribution in [0, 0.1) is 6.92 Å². The maximum atomic E-state index is 12.8. The first-order valence-electron chi connectivity index (χ1n) is 8.44. The number of ether oxygens (including phenoxy) is 1. The molecule has 0 bridgehead atoms. The summed E-state index contributed by atoms with van der Waals surface area (Å²) in [5, 5.41) is 7.91. The van der Waals surface area contributed by atoms with E-state index in [0.29, 0.717) is 17.8 Å². The molecular formula is C20H18N4O3. The third-order valence-corrected chi connectivity index (χ3v) is 4.41. The molecule has 2 aromatic carbocycles. The summed E-state index contributed by atoms with van der Waals surface area (Å²) in [7, 11) is 1.61. The van der Waals surface area contributed by atoms with E-state index in [1.165, 1.54) is 6.33 Å². The highest BCUT2D eigenvalue weighted by atomic mass is 16.5. The molecule has 1 amide bonds. The fourth-order valence-electron chi connectivity index (χ4n) is 2.99. The second-order valence-electron chi connectivity index (χ2n) is 6.12. The Hall–Kier alpha value is -3.61. The van der Waals surface area contributed by atoms with Crippen LogP contribution in [0.25, 0.3) is 11.0 Å². The number of benzene rings is 2. The number of aryl methyl sites for hydroxylation is 1. The lowest BCUT2D eigenvalue weighted by Crippen LogP contribution is -2.14. The minimum atomic E-state index is -0.297. The Bertz CT molecular complexity index is 1100. The van der Waals surface area contributed by atoms with E-state index >= 15 is 0 Å². The summed E-state index contributed by atoms with van der Waals surface area (Å²) in [6.07, 6.45) is 3.11. The van der Waals surface area contributed by atoms with Gasteiger partial charge in [-0.3, -0.25) is 4.79 Å². The van der Waals surface area contributed by atoms with E-state index in [4.69, 9.17) is 9.15 Å². The largest absolute Gasteiger partial charge is 0.497 e. The maximum absolute atomic E-state index is 12.8. The molecule has 0 aliphatic heterocycles. The molecule has 2 heterocycles. The average Bonchev–Trinajstić information content (AvgIpc) is 3.31. The zero-order valence-electron chi connectivity index (χ0n) is 15.0. The molecule has 7 heteroatoms. The number of nitrogens with one attached hydrogen (secondary N) is 1. The summed E-state index contributed by atoms with van der Waals surface area (Å²) in [5.41, 5.74) is 3.05. The highest BCUT2D eigenvalue weighted by Gasteiger charge is 2.19. The highest BCUT2D eigenvalue weighted by Crippen LogP contribution is 2.29. The monoisotopic (exact) mass is 362 g/mol. The summed E-state index contributed by atoms with van der Waals surface area (Å²) >= 11 is 0. The van der Waals surface area contributed by atoms with Gasteiger partial charge >= 0.3 is 0 Å². The maximum Gasteiger partial charge on any atom is 0.291 e. The van der Waals surface area contributed by atoms with E-state index in [1.54, 1.807) is 30.3 Å². The van der Waals surface area contributed by atoms with Gasteiger partial charge in [0.25, 0.3) is 5.91 Å². The fraction of sp³-hybridized carbons (Fsp3) is 0.150. The van der Waals surface area contributed by atoms with Gasteiger partial charge in [-0.05, 0) is 36.8 Å². The minimum absolute atomic E-state index is 0.286. The quantitative estimate of drug-likeness (QED) is 0.586. The average molecular weight is 362 g/mol. The second-order valence-corrected chi connectivity index (χ2v) is 6.12. The highest BCUT2D eigenvalue weighted by molar-refractivity contribution is 6.06. The van der Waals surface area contributed by atoms with Crippen molar-refractivity contribution in [2.75, 3.05) is 12.4 Å². The molecule has 4 aromatic rings. The molecule has 0 aliphatic carbocycles. The molecule has 4 rings (SSSR count). The number of amides is 1. The van der Waals surface area contributed by atoms with Gasteiger partial charge in [0, 0.05) is 16.6 Å². The van der Waals surface area contributed by atoms with Crippen LogP contribution in [0.5, 0.6) is 5.75 Å². The number of fused-ring (bicyclic) bond motifs is 1. The van der Waals surface area contributed by atoms with Gasteiger partial charge in [-0.1, -0.05) is 18.2 Å². The van der Waals surface area contributed by atoms with Gasteiger partial charge in [0.2, 0.25) is 0 Å². The smallest absolute Gasteiger partial charge is 0.291 e. The summed E-state index contributed by atoms with van der Waals surface area (Å²) in [6.45, 7) is 2.37. The molecule has 7 nitrogen and oxygen atoms in total. The van der Waals surface area contributed by atoms with Crippen LogP contribution in [0.2, 0.25) is 0 Å². The van der Waals surface area contributed by atoms with Gasteiger partial charge in [-0.25, -0.2) is 9.67 Å². The summed E-state index contributed by atoms with van der Waals surface area (Å²) < 4.78 is 12.7. The number of nitrogens with zero attached hydrogens (tertiary/aromatic N) is 3. The molecule has 0 saturated heterocycles. The van der Waals surface area contributed by atoms with E-state index < -0.39 is 0 Å². The topological polar surface area (TPSA) is 82.2 Å². The lowest BCUT2D eigenvalue weighted by Gasteiger charge is -2.10. The number of carbonyl (C=O) groups is 1. The van der Waals surface area contributed by atoms with Crippen molar-refractivity contribution in [3.63, 3.8) is 0 Å². The first-order valence-corrected chi connectivity index (χ1v) is 8.44. The Morgan fingerprint density at radius 1 is 1.26 bits per heavy atom. The number of para-hydroxylation sites is 1. The Kier molecular flexibility index (Phi) is 4.33. The van der Waals surface area contributed by atoms with Crippen molar-refractivity contribution in [2.24, 2.45) is 0 Å². The zero-order valence-corrected chi connectivity index (χ0v) is 15.0. The number of hydrogen-bond acceptors (Lipinski definition) is 5. The van der Waals surface area contributed by atoms with Crippen molar-refractivity contribution < 1.29 is 13.9 Å². The van der Waals surface area contributed by atoms with Crippen LogP contribution in [0.1, 0.15) is 21.7 Å². The van der Waals surface area contributed by atoms with E-state index in [-0.39, 0.29) is 11.7 Å². The first-order chi connectivity index (χ1) is 13.2. The molecule has 0 atom stereocenters. The van der Waals surface area contributed by atoms with E-state index in [9.17, 15) is 4.79 Å². The predicted molar refractivity (Wildman–Crippen MR) is 101 cm³/mol. The van der Waals surface area contributed by atoms with Gasteiger partial charge in [-0.15, -0.1) is 0 Å². The Morgan fingerprint density at radius 3 is 2.89 bits per heavy atom. The van der Waals surface area contributed by atoms with E-state index in [0.717, 1.165) is 22.3 Å². The number of aromatic nitrogens is 3. The fourth-order valence-corrected chi connectivity index (χ4v) is 2.99. The van der Waals surface area contributed by atoms with Crippen LogP contribution in [0.15, 0.2) is 59.5 Å². The third-order valence-electron chi connectivity index (χ3n) is 4.41. The second kappa shape index (κ2) is 6.95. The van der Waals surface area contributed by atoms with Crippen molar-refractivity contribution in [1.82, 2.24) is 14.8 Å². The normalized spacial score (nSPS) is 10.9. The number of methoxy groups -OCH3 is 1. The first kappa shape index (κ1) is 16.8. The lowest BCUT2D eigenvalue weighted by molar-refractivity contribution is 0.0998. The molecule has 0 radical (unpaired) electrons. The molecule has 136 valence electrons. The van der Waals surface area contributed by atoms with Gasteiger partial charge < -0.3 is 14.5 Å². The number of anilines is 1. The molecule has 0 aliphatic rings. The van der Waals surface area contributed by atoms with E-state index in [1.807, 2.05) is 37.3 Å². The van der Waals surface area contributed by atoms with Crippen molar-refractivity contribution in [2.45, 2.75) is 13.5 Å². The molecule has 2 aromatic heterocycles. The van der Waals surface area contributed by atoms with Gasteiger partial charge in [0.15, 0.2) is 5.76 Å². The Balaban J connectivity index is 1.63. The van der Waals surface area contributed by atoms with Crippen molar-refractivity contribution in [3.05, 3.63) is 72.0 Å². The van der Waals surface area contributed by atoms with Crippen molar-refractivity contribution >= 4 is 22.6 Å². The van der Waals surface area contributed by atoms with Crippen LogP contribution in [-0.4, -0.2) is 27.8 Å². The molecule has 27 heavy (non-hydrogen) atoms. The number of hydrogen-bond donors (Lipinski definition) is 1. The van der Waals surface area contributed by atoms with Crippen LogP contribution in [0.4, 0.5) is 5.69 Å². The SMILES string of the molecule is COc1ccc2oc(C(=O)Nc3ccccc3Cn3cncn3)c(C)c2c1. The number of furan rings is 1. The van der Waals surface area contributed by atoms with Crippen LogP contribution in [-0.2, 0) is 6.54 Å². The van der Waals surface area contributed by atoms with Crippen molar-refractivity contribution in [3.8, 4) is 5.75 Å². The summed E-state index contributed by atoms with van der Waals surface area (Å²) in [4.78, 5) is 16.8. The zero-order chi connectivity index (χ0) is 18.8. The van der Waals surface area contributed by atoms with Crippen LogP contribution in [0.3, 0.4) is 0 Å². The molecular weight excluding hydrogens is 344 g/mol. The van der Waals surface area contributed by atoms with E-state index in [2.05, 4.69) is 15.4 Å². The van der Waals surface area contributed by atoms with Crippen LogP contribution >= 0.6 is 0 Å². The number of rotatable bonds is 5. The molecule has 0 saturated carbocycles. The molecule has 0 unspecified atom stereocenters.